The Bertz CT molecular complexity index is 1220. The van der Waals surface area contributed by atoms with Crippen molar-refractivity contribution in [1.29, 1.82) is 0 Å². The molecule has 0 aliphatic rings. The fourth-order valence-corrected chi connectivity index (χ4v) is 5.74. The van der Waals surface area contributed by atoms with Crippen LogP contribution in [0.4, 0.5) is 5.69 Å². The van der Waals surface area contributed by atoms with Crippen LogP contribution >= 0.6 is 23.4 Å². The third-order valence-electron chi connectivity index (χ3n) is 4.95. The zero-order valence-electron chi connectivity index (χ0n) is 19.0. The van der Waals surface area contributed by atoms with E-state index in [9.17, 15) is 13.2 Å². The van der Waals surface area contributed by atoms with Gasteiger partial charge in [-0.05, 0) is 42.8 Å². The van der Waals surface area contributed by atoms with E-state index in [1.165, 1.54) is 36.4 Å². The fourth-order valence-electron chi connectivity index (χ4n) is 3.32. The number of sulfonamides is 1. The van der Waals surface area contributed by atoms with Crippen LogP contribution in [0.5, 0.6) is 5.75 Å². The molecule has 6 nitrogen and oxygen atoms in total. The second-order valence-electron chi connectivity index (χ2n) is 7.53. The first-order valence-corrected chi connectivity index (χ1v) is 13.6. The van der Waals surface area contributed by atoms with Gasteiger partial charge in [0.2, 0.25) is 5.91 Å². The molecule has 0 bridgehead atoms. The van der Waals surface area contributed by atoms with Crippen LogP contribution in [0.25, 0.3) is 0 Å². The van der Waals surface area contributed by atoms with Gasteiger partial charge < -0.3 is 10.1 Å². The monoisotopic (exact) mass is 518 g/mol. The highest BCUT2D eigenvalue weighted by Crippen LogP contribution is 2.34. The number of hydrogen-bond donors (Lipinski definition) is 1. The summed E-state index contributed by atoms with van der Waals surface area (Å²) in [4.78, 5) is 12.8. The van der Waals surface area contributed by atoms with E-state index in [2.05, 4.69) is 30.4 Å². The molecule has 1 amide bonds. The number of hydrogen-bond acceptors (Lipinski definition) is 5. The molecular weight excluding hydrogens is 492 g/mol. The first kappa shape index (κ1) is 25.9. The summed E-state index contributed by atoms with van der Waals surface area (Å²) in [5.74, 6) is 1.42. The summed E-state index contributed by atoms with van der Waals surface area (Å²) in [5.41, 5.74) is 2.63. The molecule has 3 rings (SSSR count). The number of aryl methyl sites for hydroxylation is 1. The zero-order valence-corrected chi connectivity index (χ0v) is 21.4. The molecule has 0 radical (unpaired) electrons. The Hall–Kier alpha value is -2.68. The van der Waals surface area contributed by atoms with Gasteiger partial charge in [0.25, 0.3) is 10.0 Å². The average molecular weight is 519 g/mol. The van der Waals surface area contributed by atoms with Gasteiger partial charge in [0.05, 0.1) is 17.7 Å². The van der Waals surface area contributed by atoms with Gasteiger partial charge in [-0.15, -0.1) is 0 Å². The molecule has 0 heterocycles. The minimum Gasteiger partial charge on any atom is -0.495 e. The standard InChI is InChI=1S/C25H27ClN2O4S2/c1-19-7-6-8-20(15-19)18-33-14-13-27-25(29)17-28(23-16-21(26)11-12-24(23)32-2)34(30,31)22-9-4-3-5-10-22/h3-12,15-16H,13-14,17-18H2,1-2H3,(H,27,29). The third-order valence-corrected chi connectivity index (χ3v) is 7.99. The molecule has 0 aliphatic carbocycles. The zero-order chi connectivity index (χ0) is 24.6. The summed E-state index contributed by atoms with van der Waals surface area (Å²) in [5, 5.41) is 3.15. The highest BCUT2D eigenvalue weighted by molar-refractivity contribution is 7.98. The Kier molecular flexibility index (Phi) is 9.27. The topological polar surface area (TPSA) is 75.7 Å². The number of rotatable bonds is 11. The Morgan fingerprint density at radius 2 is 1.82 bits per heavy atom. The molecule has 3 aromatic rings. The summed E-state index contributed by atoms with van der Waals surface area (Å²) in [6, 6.07) is 20.9. The second kappa shape index (κ2) is 12.1. The van der Waals surface area contributed by atoms with Crippen molar-refractivity contribution in [2.45, 2.75) is 17.6 Å². The molecule has 34 heavy (non-hydrogen) atoms. The van der Waals surface area contributed by atoms with E-state index in [1.807, 2.05) is 6.07 Å². The average Bonchev–Trinajstić information content (AvgIpc) is 2.83. The number of ether oxygens (including phenoxy) is 1. The van der Waals surface area contributed by atoms with Gasteiger partial charge in [-0.3, -0.25) is 9.10 Å². The Labute approximate surface area is 210 Å². The van der Waals surface area contributed by atoms with Crippen LogP contribution in [0, 0.1) is 6.92 Å². The lowest BCUT2D eigenvalue weighted by atomic mass is 10.2. The minimum absolute atomic E-state index is 0.0681. The van der Waals surface area contributed by atoms with Crippen LogP contribution in [0.15, 0.2) is 77.7 Å². The summed E-state index contributed by atoms with van der Waals surface area (Å²) >= 11 is 7.85. The molecule has 0 unspecified atom stereocenters. The van der Waals surface area contributed by atoms with Gasteiger partial charge >= 0.3 is 0 Å². The number of nitrogens with zero attached hydrogens (tertiary/aromatic N) is 1. The smallest absolute Gasteiger partial charge is 0.264 e. The third kappa shape index (κ3) is 6.91. The van der Waals surface area contributed by atoms with E-state index >= 15 is 0 Å². The SMILES string of the molecule is COc1ccc(Cl)cc1N(CC(=O)NCCSCc1cccc(C)c1)S(=O)(=O)c1ccccc1. The number of anilines is 1. The van der Waals surface area contributed by atoms with E-state index in [0.29, 0.717) is 23.1 Å². The summed E-state index contributed by atoms with van der Waals surface area (Å²) in [6.07, 6.45) is 0. The number of methoxy groups -OCH3 is 1. The normalized spacial score (nSPS) is 11.1. The van der Waals surface area contributed by atoms with Crippen molar-refractivity contribution in [3.8, 4) is 5.75 Å². The van der Waals surface area contributed by atoms with E-state index in [4.69, 9.17) is 16.3 Å². The van der Waals surface area contributed by atoms with Crippen molar-refractivity contribution in [3.63, 3.8) is 0 Å². The predicted octanol–water partition coefficient (Wildman–Crippen LogP) is 4.90. The molecule has 3 aromatic carbocycles. The maximum absolute atomic E-state index is 13.5. The summed E-state index contributed by atoms with van der Waals surface area (Å²) in [6.45, 7) is 2.07. The molecule has 1 N–H and O–H groups in total. The molecule has 0 saturated heterocycles. The van der Waals surface area contributed by atoms with Crippen molar-refractivity contribution in [1.82, 2.24) is 5.32 Å². The molecule has 180 valence electrons. The van der Waals surface area contributed by atoms with Crippen LogP contribution in [0.2, 0.25) is 5.02 Å². The largest absolute Gasteiger partial charge is 0.495 e. The molecule has 0 saturated carbocycles. The Morgan fingerprint density at radius 1 is 1.06 bits per heavy atom. The highest BCUT2D eigenvalue weighted by atomic mass is 35.5. The number of carbonyl (C=O) groups excluding carboxylic acids is 1. The number of halogens is 1. The number of thioether (sulfide) groups is 1. The molecule has 0 fully saturated rings. The first-order chi connectivity index (χ1) is 16.3. The predicted molar refractivity (Wildman–Crippen MR) is 139 cm³/mol. The van der Waals surface area contributed by atoms with Crippen LogP contribution in [0.1, 0.15) is 11.1 Å². The maximum atomic E-state index is 13.5. The van der Waals surface area contributed by atoms with Crippen molar-refractivity contribution in [2.24, 2.45) is 0 Å². The van der Waals surface area contributed by atoms with E-state index in [1.54, 1.807) is 42.1 Å². The van der Waals surface area contributed by atoms with Crippen LogP contribution in [0.3, 0.4) is 0 Å². The van der Waals surface area contributed by atoms with Gasteiger partial charge in [0.15, 0.2) is 0 Å². The van der Waals surface area contributed by atoms with Gasteiger partial charge in [0.1, 0.15) is 12.3 Å². The molecular formula is C25H27ClN2O4S2. The summed E-state index contributed by atoms with van der Waals surface area (Å²) in [7, 11) is -2.61. The van der Waals surface area contributed by atoms with E-state index in [0.717, 1.165) is 10.1 Å². The highest BCUT2D eigenvalue weighted by Gasteiger charge is 2.29. The minimum atomic E-state index is -4.05. The molecule has 9 heteroatoms. The lowest BCUT2D eigenvalue weighted by Crippen LogP contribution is -2.41. The first-order valence-electron chi connectivity index (χ1n) is 10.6. The number of benzene rings is 3. The fraction of sp³-hybridized carbons (Fsp3) is 0.240. The van der Waals surface area contributed by atoms with Crippen molar-refractivity contribution >= 4 is 45.0 Å². The van der Waals surface area contributed by atoms with Crippen LogP contribution in [-0.2, 0) is 20.6 Å². The molecule has 0 aromatic heterocycles. The summed E-state index contributed by atoms with van der Waals surface area (Å²) < 4.78 is 33.3. The number of carbonyl (C=O) groups is 1. The number of amides is 1. The van der Waals surface area contributed by atoms with Gasteiger partial charge in [-0.1, -0.05) is 59.6 Å². The van der Waals surface area contributed by atoms with Gasteiger partial charge in [-0.25, -0.2) is 8.42 Å². The molecule has 0 spiro atoms. The molecule has 0 atom stereocenters. The lowest BCUT2D eigenvalue weighted by molar-refractivity contribution is -0.119. The number of nitrogens with one attached hydrogen (secondary N) is 1. The van der Waals surface area contributed by atoms with Crippen molar-refractivity contribution < 1.29 is 17.9 Å². The van der Waals surface area contributed by atoms with Crippen molar-refractivity contribution in [3.05, 3.63) is 88.9 Å². The second-order valence-corrected chi connectivity index (χ2v) is 10.9. The van der Waals surface area contributed by atoms with E-state index in [-0.39, 0.29) is 10.6 Å². The Morgan fingerprint density at radius 3 is 2.53 bits per heavy atom. The molecule has 0 aliphatic heterocycles. The Balaban J connectivity index is 1.70. The lowest BCUT2D eigenvalue weighted by Gasteiger charge is -2.25. The van der Waals surface area contributed by atoms with Gasteiger partial charge in [0, 0.05) is 23.1 Å². The van der Waals surface area contributed by atoms with Crippen molar-refractivity contribution in [2.75, 3.05) is 30.3 Å². The maximum Gasteiger partial charge on any atom is 0.264 e. The van der Waals surface area contributed by atoms with Crippen LogP contribution < -0.4 is 14.4 Å². The quantitative estimate of drug-likeness (QED) is 0.365. The van der Waals surface area contributed by atoms with E-state index < -0.39 is 22.5 Å². The van der Waals surface area contributed by atoms with Crippen LogP contribution in [-0.4, -0.2) is 40.3 Å². The van der Waals surface area contributed by atoms with Gasteiger partial charge in [-0.2, -0.15) is 11.8 Å².